The molecule has 0 radical (unpaired) electrons. The number of hydrogen-bond acceptors (Lipinski definition) is 3. The van der Waals surface area contributed by atoms with E-state index in [1.165, 1.54) is 12.3 Å². The summed E-state index contributed by atoms with van der Waals surface area (Å²) >= 11 is 0. The number of aromatic nitrogens is 2. The van der Waals surface area contributed by atoms with Gasteiger partial charge in [-0.2, -0.15) is 0 Å². The van der Waals surface area contributed by atoms with Crippen LogP contribution < -0.4 is 10.5 Å². The highest BCUT2D eigenvalue weighted by Gasteiger charge is 2.15. The molecule has 22 heavy (non-hydrogen) atoms. The summed E-state index contributed by atoms with van der Waals surface area (Å²) in [4.78, 5) is 4.64. The van der Waals surface area contributed by atoms with Crippen molar-refractivity contribution in [3.63, 3.8) is 0 Å². The number of benzene rings is 1. The predicted molar refractivity (Wildman–Crippen MR) is 84.6 cm³/mol. The molecule has 5 heteroatoms. The number of nitrogens with two attached hydrogens (primary N) is 1. The van der Waals surface area contributed by atoms with Crippen molar-refractivity contribution in [2.45, 2.75) is 13.3 Å². The minimum absolute atomic E-state index is 0.291. The van der Waals surface area contributed by atoms with Crippen LogP contribution in [0, 0.1) is 12.7 Å². The second-order valence-corrected chi connectivity index (χ2v) is 5.21. The highest BCUT2D eigenvalue weighted by Crippen LogP contribution is 2.29. The van der Waals surface area contributed by atoms with Gasteiger partial charge in [0.2, 0.25) is 0 Å². The van der Waals surface area contributed by atoms with Gasteiger partial charge in [-0.3, -0.25) is 0 Å². The Morgan fingerprint density at radius 1 is 1.27 bits per heavy atom. The molecular formula is C17H18FN3O. The zero-order valence-corrected chi connectivity index (χ0v) is 12.6. The Kier molecular flexibility index (Phi) is 3.81. The van der Waals surface area contributed by atoms with Crippen molar-refractivity contribution in [3.05, 3.63) is 53.6 Å². The number of fused-ring (bicyclic) bond motifs is 1. The molecule has 0 unspecified atom stereocenters. The molecule has 0 atom stereocenters. The Morgan fingerprint density at radius 2 is 2.09 bits per heavy atom. The molecule has 0 amide bonds. The van der Waals surface area contributed by atoms with Gasteiger partial charge in [-0.15, -0.1) is 0 Å². The molecule has 1 aromatic carbocycles. The third-order valence-electron chi connectivity index (χ3n) is 3.73. The molecule has 3 rings (SSSR count). The molecule has 0 saturated carbocycles. The fourth-order valence-electron chi connectivity index (χ4n) is 2.70. The summed E-state index contributed by atoms with van der Waals surface area (Å²) < 4.78 is 20.6. The lowest BCUT2D eigenvalue weighted by Crippen LogP contribution is -2.06. The van der Waals surface area contributed by atoms with Crippen molar-refractivity contribution < 1.29 is 9.13 Å². The van der Waals surface area contributed by atoms with Gasteiger partial charge in [-0.05, 0) is 49.4 Å². The molecule has 0 bridgehead atoms. The van der Waals surface area contributed by atoms with Gasteiger partial charge in [0.1, 0.15) is 17.2 Å². The van der Waals surface area contributed by atoms with Gasteiger partial charge in [0, 0.05) is 18.2 Å². The summed E-state index contributed by atoms with van der Waals surface area (Å²) in [7, 11) is 1.65. The number of ether oxygens (including phenoxy) is 1. The number of nitrogens with zero attached hydrogens (tertiary/aromatic N) is 2. The van der Waals surface area contributed by atoms with Crippen LogP contribution in [0.25, 0.3) is 16.9 Å². The van der Waals surface area contributed by atoms with Crippen LogP contribution in [0.15, 0.2) is 36.5 Å². The fraction of sp³-hybridized carbons (Fsp3) is 0.235. The smallest absolute Gasteiger partial charge is 0.139 e. The SMILES string of the molecule is COc1ccc(-c2nc3ccc(F)cn3c2CCN)cc1C. The lowest BCUT2D eigenvalue weighted by atomic mass is 10.1. The van der Waals surface area contributed by atoms with Gasteiger partial charge in [0.25, 0.3) is 0 Å². The van der Waals surface area contributed by atoms with Gasteiger partial charge in [-0.25, -0.2) is 9.37 Å². The van der Waals surface area contributed by atoms with Crippen LogP contribution in [0.5, 0.6) is 5.75 Å². The average Bonchev–Trinajstić information content (AvgIpc) is 2.86. The van der Waals surface area contributed by atoms with Gasteiger partial charge >= 0.3 is 0 Å². The Hall–Kier alpha value is -2.40. The molecule has 4 nitrogen and oxygen atoms in total. The largest absolute Gasteiger partial charge is 0.496 e. The molecule has 2 aromatic heterocycles. The molecule has 2 heterocycles. The molecule has 0 fully saturated rings. The first-order valence-electron chi connectivity index (χ1n) is 7.15. The second kappa shape index (κ2) is 5.77. The van der Waals surface area contributed by atoms with Gasteiger partial charge in [0.15, 0.2) is 0 Å². The molecule has 0 aliphatic rings. The Labute approximate surface area is 128 Å². The lowest BCUT2D eigenvalue weighted by Gasteiger charge is -2.08. The van der Waals surface area contributed by atoms with E-state index in [0.29, 0.717) is 18.6 Å². The quantitative estimate of drug-likeness (QED) is 0.806. The second-order valence-electron chi connectivity index (χ2n) is 5.21. The number of rotatable bonds is 4. The number of pyridine rings is 1. The van der Waals surface area contributed by atoms with Crippen molar-refractivity contribution in [1.82, 2.24) is 9.38 Å². The van der Waals surface area contributed by atoms with Crippen LogP contribution in [-0.4, -0.2) is 23.0 Å². The maximum atomic E-state index is 13.5. The van der Waals surface area contributed by atoms with E-state index < -0.39 is 0 Å². The lowest BCUT2D eigenvalue weighted by molar-refractivity contribution is 0.412. The third kappa shape index (κ3) is 2.44. The summed E-state index contributed by atoms with van der Waals surface area (Å²) in [5.41, 5.74) is 10.2. The molecule has 0 saturated heterocycles. The first-order valence-corrected chi connectivity index (χ1v) is 7.15. The van der Waals surface area contributed by atoms with Crippen LogP contribution >= 0.6 is 0 Å². The van der Waals surface area contributed by atoms with E-state index in [4.69, 9.17) is 10.5 Å². The summed E-state index contributed by atoms with van der Waals surface area (Å²) in [5, 5.41) is 0. The van der Waals surface area contributed by atoms with Crippen molar-refractivity contribution >= 4 is 5.65 Å². The Morgan fingerprint density at radius 3 is 2.77 bits per heavy atom. The minimum Gasteiger partial charge on any atom is -0.496 e. The first-order chi connectivity index (χ1) is 10.6. The van der Waals surface area contributed by atoms with E-state index >= 15 is 0 Å². The van der Waals surface area contributed by atoms with E-state index in [1.54, 1.807) is 17.6 Å². The molecule has 3 aromatic rings. The average molecular weight is 299 g/mol. The van der Waals surface area contributed by atoms with Crippen LogP contribution in [0.2, 0.25) is 0 Å². The van der Waals surface area contributed by atoms with Gasteiger partial charge < -0.3 is 14.9 Å². The molecular weight excluding hydrogens is 281 g/mol. The fourth-order valence-corrected chi connectivity index (χ4v) is 2.70. The van der Waals surface area contributed by atoms with Crippen LogP contribution in [-0.2, 0) is 6.42 Å². The summed E-state index contributed by atoms with van der Waals surface area (Å²) in [6, 6.07) is 9.00. The standard InChI is InChI=1S/C17H18FN3O/c1-11-9-12(3-5-15(11)22-2)17-14(7-8-19)21-10-13(18)4-6-16(21)20-17/h3-6,9-10H,7-8,19H2,1-2H3. The molecule has 2 N–H and O–H groups in total. The van der Waals surface area contributed by atoms with Crippen molar-refractivity contribution in [1.29, 1.82) is 0 Å². The summed E-state index contributed by atoms with van der Waals surface area (Å²) in [5.74, 6) is 0.541. The minimum atomic E-state index is -0.291. The van der Waals surface area contributed by atoms with Crippen LogP contribution in [0.4, 0.5) is 4.39 Å². The number of hydrogen-bond donors (Lipinski definition) is 1. The van der Waals surface area contributed by atoms with E-state index in [1.807, 2.05) is 25.1 Å². The molecule has 114 valence electrons. The number of halogens is 1. The van der Waals surface area contributed by atoms with E-state index in [-0.39, 0.29) is 5.82 Å². The van der Waals surface area contributed by atoms with Gasteiger partial charge in [0.05, 0.1) is 18.5 Å². The highest BCUT2D eigenvalue weighted by molar-refractivity contribution is 5.68. The molecule has 0 spiro atoms. The topological polar surface area (TPSA) is 52.5 Å². The van der Waals surface area contributed by atoms with Crippen LogP contribution in [0.1, 0.15) is 11.3 Å². The van der Waals surface area contributed by atoms with Gasteiger partial charge in [-0.1, -0.05) is 0 Å². The zero-order chi connectivity index (χ0) is 15.7. The normalized spacial score (nSPS) is 11.1. The summed E-state index contributed by atoms with van der Waals surface area (Å²) in [6.45, 7) is 2.47. The zero-order valence-electron chi connectivity index (χ0n) is 12.6. The van der Waals surface area contributed by atoms with Crippen molar-refractivity contribution in [3.8, 4) is 17.0 Å². The number of aryl methyl sites for hydroxylation is 1. The van der Waals surface area contributed by atoms with E-state index in [2.05, 4.69) is 4.98 Å². The van der Waals surface area contributed by atoms with E-state index in [0.717, 1.165) is 28.3 Å². The predicted octanol–water partition coefficient (Wildman–Crippen LogP) is 2.96. The van der Waals surface area contributed by atoms with E-state index in [9.17, 15) is 4.39 Å². The molecule has 0 aliphatic carbocycles. The van der Waals surface area contributed by atoms with Crippen molar-refractivity contribution in [2.75, 3.05) is 13.7 Å². The highest BCUT2D eigenvalue weighted by atomic mass is 19.1. The maximum Gasteiger partial charge on any atom is 0.139 e. The Bertz CT molecular complexity index is 826. The van der Waals surface area contributed by atoms with Crippen LogP contribution in [0.3, 0.4) is 0 Å². The molecule has 0 aliphatic heterocycles. The van der Waals surface area contributed by atoms with Crippen molar-refractivity contribution in [2.24, 2.45) is 5.73 Å². The Balaban J connectivity index is 2.21. The number of imidazole rings is 1. The third-order valence-corrected chi connectivity index (χ3v) is 3.73. The summed E-state index contributed by atoms with van der Waals surface area (Å²) in [6.07, 6.45) is 2.08. The monoisotopic (exact) mass is 299 g/mol. The first kappa shape index (κ1) is 14.5. The maximum absolute atomic E-state index is 13.5. The number of methoxy groups -OCH3 is 1.